The minimum atomic E-state index is -0.200. The van der Waals surface area contributed by atoms with E-state index in [1.165, 1.54) is 0 Å². The molecule has 7 heteroatoms. The maximum atomic E-state index is 12.2. The molecule has 1 saturated heterocycles. The molecule has 0 atom stereocenters. The van der Waals surface area contributed by atoms with Crippen LogP contribution in [0, 0.1) is 11.3 Å². The number of pyridine rings is 1. The number of hydrogen-bond donors (Lipinski definition) is 2. The number of urea groups is 1. The van der Waals surface area contributed by atoms with Gasteiger partial charge in [0.2, 0.25) is 0 Å². The van der Waals surface area contributed by atoms with Crippen molar-refractivity contribution in [1.82, 2.24) is 10.3 Å². The summed E-state index contributed by atoms with van der Waals surface area (Å²) >= 11 is 0. The van der Waals surface area contributed by atoms with Crippen LogP contribution in [0.1, 0.15) is 25.3 Å². The van der Waals surface area contributed by atoms with Gasteiger partial charge in [0.15, 0.2) is 0 Å². The van der Waals surface area contributed by atoms with Gasteiger partial charge < -0.3 is 20.3 Å². The van der Waals surface area contributed by atoms with Crippen molar-refractivity contribution in [2.75, 3.05) is 29.9 Å². The molecule has 0 radical (unpaired) electrons. The highest BCUT2D eigenvalue weighted by atomic mass is 16.5. The minimum absolute atomic E-state index is 0.127. The normalized spacial score (nSPS) is 14.3. The number of piperidine rings is 1. The molecular formula is C20H23N5O2. The van der Waals surface area contributed by atoms with Crippen molar-refractivity contribution in [2.45, 2.75) is 25.8 Å². The summed E-state index contributed by atoms with van der Waals surface area (Å²) in [5.74, 6) is 1.65. The van der Waals surface area contributed by atoms with Crippen molar-refractivity contribution < 1.29 is 9.53 Å². The highest BCUT2D eigenvalue weighted by Crippen LogP contribution is 2.19. The van der Waals surface area contributed by atoms with Gasteiger partial charge in [-0.3, -0.25) is 0 Å². The third kappa shape index (κ3) is 5.11. The summed E-state index contributed by atoms with van der Waals surface area (Å²) in [6, 6.07) is 13.0. The SMILES string of the molecule is CCOc1ccc(NC(=O)NC2CCN(c3ccc(C#N)cn3)CC2)cc1. The fourth-order valence-corrected chi connectivity index (χ4v) is 3.05. The highest BCUT2D eigenvalue weighted by molar-refractivity contribution is 5.89. The Hall–Kier alpha value is -3.27. The summed E-state index contributed by atoms with van der Waals surface area (Å²) in [6.45, 7) is 4.17. The molecule has 2 heterocycles. The number of benzene rings is 1. The Morgan fingerprint density at radius 2 is 2.00 bits per heavy atom. The summed E-state index contributed by atoms with van der Waals surface area (Å²) < 4.78 is 5.39. The predicted octanol–water partition coefficient (Wildman–Crippen LogP) is 3.14. The van der Waals surface area contributed by atoms with Gasteiger partial charge in [-0.05, 0) is 56.2 Å². The number of rotatable bonds is 5. The zero-order valence-electron chi connectivity index (χ0n) is 15.3. The van der Waals surface area contributed by atoms with E-state index >= 15 is 0 Å². The lowest BCUT2D eigenvalue weighted by Gasteiger charge is -2.33. The standard InChI is InChI=1S/C20H23N5O2/c1-2-27-18-6-4-16(5-7-18)23-20(26)24-17-9-11-25(12-10-17)19-8-3-15(13-21)14-22-19/h3-8,14,17H,2,9-12H2,1H3,(H2,23,24,26). The van der Waals surface area contributed by atoms with E-state index in [0.29, 0.717) is 12.2 Å². The number of nitriles is 1. The van der Waals surface area contributed by atoms with Crippen LogP contribution in [0.2, 0.25) is 0 Å². The smallest absolute Gasteiger partial charge is 0.319 e. The molecule has 1 aromatic carbocycles. The Labute approximate surface area is 159 Å². The van der Waals surface area contributed by atoms with Crippen LogP contribution in [0.15, 0.2) is 42.6 Å². The van der Waals surface area contributed by atoms with E-state index in [0.717, 1.165) is 43.2 Å². The van der Waals surface area contributed by atoms with Crippen LogP contribution in [-0.4, -0.2) is 36.8 Å². The van der Waals surface area contributed by atoms with Gasteiger partial charge in [0, 0.05) is 31.0 Å². The van der Waals surface area contributed by atoms with Crippen molar-refractivity contribution in [3.05, 3.63) is 48.2 Å². The molecular weight excluding hydrogens is 342 g/mol. The topological polar surface area (TPSA) is 90.3 Å². The van der Waals surface area contributed by atoms with Crippen LogP contribution in [0.4, 0.5) is 16.3 Å². The third-order valence-corrected chi connectivity index (χ3v) is 4.45. The van der Waals surface area contributed by atoms with Gasteiger partial charge in [0.05, 0.1) is 12.2 Å². The lowest BCUT2D eigenvalue weighted by molar-refractivity contribution is 0.246. The number of carbonyl (C=O) groups excluding carboxylic acids is 1. The second-order valence-corrected chi connectivity index (χ2v) is 6.33. The maximum absolute atomic E-state index is 12.2. The lowest BCUT2D eigenvalue weighted by atomic mass is 10.1. The number of nitrogens with one attached hydrogen (secondary N) is 2. The molecule has 2 aromatic rings. The number of nitrogens with zero attached hydrogens (tertiary/aromatic N) is 3. The van der Waals surface area contributed by atoms with Gasteiger partial charge >= 0.3 is 6.03 Å². The van der Waals surface area contributed by atoms with Gasteiger partial charge in [0.25, 0.3) is 0 Å². The molecule has 7 nitrogen and oxygen atoms in total. The molecule has 0 spiro atoms. The van der Waals surface area contributed by atoms with Gasteiger partial charge in [-0.15, -0.1) is 0 Å². The largest absolute Gasteiger partial charge is 0.494 e. The van der Waals surface area contributed by atoms with Crippen molar-refractivity contribution in [3.63, 3.8) is 0 Å². The van der Waals surface area contributed by atoms with Crippen LogP contribution in [0.5, 0.6) is 5.75 Å². The quantitative estimate of drug-likeness (QED) is 0.849. The minimum Gasteiger partial charge on any atom is -0.494 e. The van der Waals surface area contributed by atoms with Crippen LogP contribution < -0.4 is 20.3 Å². The molecule has 0 bridgehead atoms. The van der Waals surface area contributed by atoms with Crippen LogP contribution in [-0.2, 0) is 0 Å². The first kappa shape index (κ1) is 18.5. The Kier molecular flexibility index (Phi) is 6.10. The summed E-state index contributed by atoms with van der Waals surface area (Å²) in [5.41, 5.74) is 1.29. The van der Waals surface area contributed by atoms with Crippen LogP contribution in [0.3, 0.4) is 0 Å². The zero-order chi connectivity index (χ0) is 19.1. The Bertz CT molecular complexity index is 791. The Morgan fingerprint density at radius 3 is 2.59 bits per heavy atom. The first-order chi connectivity index (χ1) is 13.2. The number of carbonyl (C=O) groups is 1. The molecule has 1 fully saturated rings. The zero-order valence-corrected chi connectivity index (χ0v) is 15.3. The van der Waals surface area contributed by atoms with Gasteiger partial charge in [-0.2, -0.15) is 5.26 Å². The highest BCUT2D eigenvalue weighted by Gasteiger charge is 2.21. The van der Waals surface area contributed by atoms with Crippen molar-refractivity contribution in [3.8, 4) is 11.8 Å². The number of hydrogen-bond acceptors (Lipinski definition) is 5. The average Bonchev–Trinajstić information content (AvgIpc) is 2.70. The average molecular weight is 365 g/mol. The van der Waals surface area contributed by atoms with Gasteiger partial charge in [-0.25, -0.2) is 9.78 Å². The molecule has 27 heavy (non-hydrogen) atoms. The van der Waals surface area contributed by atoms with E-state index in [1.54, 1.807) is 12.3 Å². The van der Waals surface area contributed by atoms with E-state index in [-0.39, 0.29) is 12.1 Å². The van der Waals surface area contributed by atoms with Crippen molar-refractivity contribution in [1.29, 1.82) is 5.26 Å². The second-order valence-electron chi connectivity index (χ2n) is 6.33. The number of ether oxygens (including phenoxy) is 1. The van der Waals surface area contributed by atoms with E-state index < -0.39 is 0 Å². The summed E-state index contributed by atoms with van der Waals surface area (Å²) in [7, 11) is 0. The molecule has 0 aliphatic carbocycles. The van der Waals surface area contributed by atoms with E-state index in [4.69, 9.17) is 10.00 Å². The van der Waals surface area contributed by atoms with Gasteiger partial charge in [-0.1, -0.05) is 0 Å². The predicted molar refractivity (Wildman–Crippen MR) is 104 cm³/mol. The number of anilines is 2. The number of aromatic nitrogens is 1. The van der Waals surface area contributed by atoms with Crippen molar-refractivity contribution in [2.24, 2.45) is 0 Å². The molecule has 1 aromatic heterocycles. The summed E-state index contributed by atoms with van der Waals surface area (Å²) in [4.78, 5) is 18.7. The maximum Gasteiger partial charge on any atom is 0.319 e. The molecule has 1 aliphatic rings. The molecule has 0 saturated carbocycles. The van der Waals surface area contributed by atoms with Crippen molar-refractivity contribution >= 4 is 17.5 Å². The van der Waals surface area contributed by atoms with E-state index in [2.05, 4.69) is 26.6 Å². The number of amides is 2. The molecule has 2 N–H and O–H groups in total. The monoisotopic (exact) mass is 365 g/mol. The molecule has 2 amide bonds. The van der Waals surface area contributed by atoms with E-state index in [1.807, 2.05) is 37.3 Å². The van der Waals surface area contributed by atoms with Crippen LogP contribution >= 0.6 is 0 Å². The third-order valence-electron chi connectivity index (χ3n) is 4.45. The molecule has 0 unspecified atom stereocenters. The van der Waals surface area contributed by atoms with E-state index in [9.17, 15) is 4.79 Å². The fourth-order valence-electron chi connectivity index (χ4n) is 3.05. The summed E-state index contributed by atoms with van der Waals surface area (Å²) in [6.07, 6.45) is 3.28. The first-order valence-electron chi connectivity index (χ1n) is 9.09. The Morgan fingerprint density at radius 1 is 1.26 bits per heavy atom. The first-order valence-corrected chi connectivity index (χ1v) is 9.09. The van der Waals surface area contributed by atoms with Gasteiger partial charge in [0.1, 0.15) is 17.6 Å². The fraction of sp³-hybridized carbons (Fsp3) is 0.350. The molecule has 1 aliphatic heterocycles. The molecule has 3 rings (SSSR count). The molecule has 140 valence electrons. The second kappa shape index (κ2) is 8.90. The summed E-state index contributed by atoms with van der Waals surface area (Å²) in [5, 5.41) is 14.7. The van der Waals surface area contributed by atoms with Crippen LogP contribution in [0.25, 0.3) is 0 Å². The lowest BCUT2D eigenvalue weighted by Crippen LogP contribution is -2.46. The Balaban J connectivity index is 1.45.